The molecule has 24 heavy (non-hydrogen) atoms. The Balaban J connectivity index is 1.59. The Labute approximate surface area is 144 Å². The molecule has 1 saturated heterocycles. The van der Waals surface area contributed by atoms with E-state index in [-0.39, 0.29) is 5.54 Å². The molecule has 0 amide bonds. The molecule has 1 aliphatic rings. The summed E-state index contributed by atoms with van der Waals surface area (Å²) < 4.78 is 10.7. The minimum atomic E-state index is 0.147. The number of morpholine rings is 1. The van der Waals surface area contributed by atoms with E-state index in [4.69, 9.17) is 9.47 Å². The van der Waals surface area contributed by atoms with Crippen molar-refractivity contribution in [2.75, 3.05) is 40.0 Å². The number of nitrogens with one attached hydrogen (secondary N) is 1. The molecular weight excluding hydrogens is 300 g/mol. The molecule has 0 atom stereocenters. The first-order valence-electron chi connectivity index (χ1n) is 8.69. The van der Waals surface area contributed by atoms with Crippen molar-refractivity contribution >= 4 is 10.8 Å². The molecule has 0 radical (unpaired) electrons. The molecule has 0 unspecified atom stereocenters. The second-order valence-corrected chi connectivity index (χ2v) is 7.06. The highest BCUT2D eigenvalue weighted by Crippen LogP contribution is 2.22. The van der Waals surface area contributed by atoms with E-state index in [9.17, 15) is 0 Å². The molecule has 0 saturated carbocycles. The summed E-state index contributed by atoms with van der Waals surface area (Å²) in [4.78, 5) is 2.51. The number of rotatable bonds is 6. The monoisotopic (exact) mass is 328 g/mol. The highest BCUT2D eigenvalue weighted by atomic mass is 16.5. The predicted octanol–water partition coefficient (Wildman–Crippen LogP) is 3.05. The molecule has 1 aliphatic heterocycles. The molecular formula is C20H28N2O2. The summed E-state index contributed by atoms with van der Waals surface area (Å²) in [5, 5.41) is 6.09. The average Bonchev–Trinajstić information content (AvgIpc) is 2.62. The number of methoxy groups -OCH3 is 1. The van der Waals surface area contributed by atoms with Crippen molar-refractivity contribution in [1.82, 2.24) is 10.2 Å². The van der Waals surface area contributed by atoms with Crippen molar-refractivity contribution in [3.05, 3.63) is 42.0 Å². The van der Waals surface area contributed by atoms with E-state index in [0.29, 0.717) is 0 Å². The zero-order valence-corrected chi connectivity index (χ0v) is 15.0. The summed E-state index contributed by atoms with van der Waals surface area (Å²) in [5.41, 5.74) is 1.46. The maximum absolute atomic E-state index is 5.46. The van der Waals surface area contributed by atoms with Gasteiger partial charge in [-0.05, 0) is 48.4 Å². The average molecular weight is 328 g/mol. The van der Waals surface area contributed by atoms with Gasteiger partial charge in [0.25, 0.3) is 0 Å². The summed E-state index contributed by atoms with van der Waals surface area (Å²) in [6, 6.07) is 12.8. The Kier molecular flexibility index (Phi) is 5.39. The van der Waals surface area contributed by atoms with Gasteiger partial charge in [-0.25, -0.2) is 0 Å². The number of ether oxygens (including phenoxy) is 2. The lowest BCUT2D eigenvalue weighted by molar-refractivity contribution is -0.00966. The van der Waals surface area contributed by atoms with Gasteiger partial charge in [0.2, 0.25) is 0 Å². The SMILES string of the molecule is COc1ccc2cc(CNCC(C)(C)N3CCOCC3)ccc2c1. The summed E-state index contributed by atoms with van der Waals surface area (Å²) in [6.07, 6.45) is 0. The molecule has 4 nitrogen and oxygen atoms in total. The van der Waals surface area contributed by atoms with Crippen LogP contribution in [0, 0.1) is 0 Å². The minimum absolute atomic E-state index is 0.147. The normalized spacial score (nSPS) is 16.5. The van der Waals surface area contributed by atoms with Gasteiger partial charge in [0.15, 0.2) is 0 Å². The first-order chi connectivity index (χ1) is 11.6. The highest BCUT2D eigenvalue weighted by Gasteiger charge is 2.27. The van der Waals surface area contributed by atoms with E-state index in [1.165, 1.54) is 16.3 Å². The number of hydrogen-bond acceptors (Lipinski definition) is 4. The van der Waals surface area contributed by atoms with Crippen molar-refractivity contribution in [2.45, 2.75) is 25.9 Å². The molecule has 2 aromatic carbocycles. The Morgan fingerprint density at radius 3 is 2.54 bits per heavy atom. The molecule has 1 fully saturated rings. The quantitative estimate of drug-likeness (QED) is 0.884. The van der Waals surface area contributed by atoms with E-state index in [1.54, 1.807) is 7.11 Å². The lowest BCUT2D eigenvalue weighted by atomic mass is 10.0. The Hall–Kier alpha value is -1.62. The molecule has 3 rings (SSSR count). The van der Waals surface area contributed by atoms with Gasteiger partial charge in [0.05, 0.1) is 20.3 Å². The predicted molar refractivity (Wildman–Crippen MR) is 98.7 cm³/mol. The van der Waals surface area contributed by atoms with Crippen LogP contribution in [-0.4, -0.2) is 50.4 Å². The lowest BCUT2D eigenvalue weighted by Gasteiger charge is -2.41. The molecule has 4 heteroatoms. The van der Waals surface area contributed by atoms with Gasteiger partial charge >= 0.3 is 0 Å². The topological polar surface area (TPSA) is 33.7 Å². The van der Waals surface area contributed by atoms with Crippen LogP contribution in [0.2, 0.25) is 0 Å². The Morgan fingerprint density at radius 1 is 1.08 bits per heavy atom. The van der Waals surface area contributed by atoms with Gasteiger partial charge in [-0.15, -0.1) is 0 Å². The minimum Gasteiger partial charge on any atom is -0.497 e. The standard InChI is InChI=1S/C20H28N2O2/c1-20(2,22-8-10-24-11-9-22)15-21-14-16-4-5-18-13-19(23-3)7-6-17(18)12-16/h4-7,12-13,21H,8-11,14-15H2,1-3H3. The van der Waals surface area contributed by atoms with Crippen LogP contribution < -0.4 is 10.1 Å². The first-order valence-corrected chi connectivity index (χ1v) is 8.69. The lowest BCUT2D eigenvalue weighted by Crippen LogP contribution is -2.54. The summed E-state index contributed by atoms with van der Waals surface area (Å²) in [5.74, 6) is 0.903. The van der Waals surface area contributed by atoms with E-state index < -0.39 is 0 Å². The van der Waals surface area contributed by atoms with Crippen LogP contribution in [0.1, 0.15) is 19.4 Å². The van der Waals surface area contributed by atoms with Gasteiger partial charge < -0.3 is 14.8 Å². The summed E-state index contributed by atoms with van der Waals surface area (Å²) >= 11 is 0. The highest BCUT2D eigenvalue weighted by molar-refractivity contribution is 5.84. The van der Waals surface area contributed by atoms with Gasteiger partial charge in [0.1, 0.15) is 5.75 Å². The molecule has 130 valence electrons. The smallest absolute Gasteiger partial charge is 0.119 e. The Bertz CT molecular complexity index is 678. The van der Waals surface area contributed by atoms with Crippen molar-refractivity contribution < 1.29 is 9.47 Å². The van der Waals surface area contributed by atoms with Crippen molar-refractivity contribution in [3.8, 4) is 5.75 Å². The van der Waals surface area contributed by atoms with Crippen molar-refractivity contribution in [1.29, 1.82) is 0 Å². The van der Waals surface area contributed by atoms with E-state index >= 15 is 0 Å². The maximum atomic E-state index is 5.46. The third-order valence-corrected chi connectivity index (χ3v) is 4.87. The van der Waals surface area contributed by atoms with Crippen molar-refractivity contribution in [2.24, 2.45) is 0 Å². The van der Waals surface area contributed by atoms with Gasteiger partial charge in [0, 0.05) is 31.7 Å². The fourth-order valence-corrected chi connectivity index (χ4v) is 3.30. The number of nitrogens with zero attached hydrogens (tertiary/aromatic N) is 1. The number of benzene rings is 2. The Morgan fingerprint density at radius 2 is 1.79 bits per heavy atom. The van der Waals surface area contributed by atoms with Crippen LogP contribution in [0.5, 0.6) is 5.75 Å². The number of fused-ring (bicyclic) bond motifs is 1. The van der Waals surface area contributed by atoms with E-state index in [2.05, 4.69) is 54.4 Å². The summed E-state index contributed by atoms with van der Waals surface area (Å²) in [6.45, 7) is 10.2. The van der Waals surface area contributed by atoms with E-state index in [1.807, 2.05) is 6.07 Å². The second-order valence-electron chi connectivity index (χ2n) is 7.06. The van der Waals surface area contributed by atoms with E-state index in [0.717, 1.165) is 45.1 Å². The molecule has 0 bridgehead atoms. The molecule has 0 spiro atoms. The van der Waals surface area contributed by atoms with Gasteiger partial charge in [-0.1, -0.05) is 18.2 Å². The maximum Gasteiger partial charge on any atom is 0.119 e. The van der Waals surface area contributed by atoms with Gasteiger partial charge in [-0.2, -0.15) is 0 Å². The summed E-state index contributed by atoms with van der Waals surface area (Å²) in [7, 11) is 1.70. The molecule has 0 aliphatic carbocycles. The molecule has 0 aromatic heterocycles. The second kappa shape index (κ2) is 7.51. The molecule has 1 N–H and O–H groups in total. The van der Waals surface area contributed by atoms with Crippen LogP contribution in [-0.2, 0) is 11.3 Å². The van der Waals surface area contributed by atoms with Crippen LogP contribution >= 0.6 is 0 Å². The zero-order chi connectivity index (χ0) is 17.0. The van der Waals surface area contributed by atoms with Gasteiger partial charge in [-0.3, -0.25) is 4.90 Å². The largest absolute Gasteiger partial charge is 0.497 e. The zero-order valence-electron chi connectivity index (χ0n) is 15.0. The van der Waals surface area contributed by atoms with Crippen LogP contribution in [0.25, 0.3) is 10.8 Å². The fourth-order valence-electron chi connectivity index (χ4n) is 3.30. The van der Waals surface area contributed by atoms with Crippen molar-refractivity contribution in [3.63, 3.8) is 0 Å². The van der Waals surface area contributed by atoms with Crippen LogP contribution in [0.4, 0.5) is 0 Å². The third kappa shape index (κ3) is 4.07. The molecule has 2 aromatic rings. The fraction of sp³-hybridized carbons (Fsp3) is 0.500. The number of hydrogen-bond donors (Lipinski definition) is 1. The first kappa shape index (κ1) is 17.2. The van der Waals surface area contributed by atoms with Crippen LogP contribution in [0.3, 0.4) is 0 Å². The molecule has 1 heterocycles. The van der Waals surface area contributed by atoms with Crippen LogP contribution in [0.15, 0.2) is 36.4 Å². The third-order valence-electron chi connectivity index (χ3n) is 4.87.